The van der Waals surface area contributed by atoms with Crippen molar-refractivity contribution in [2.75, 3.05) is 0 Å². The number of hydrogen-bond acceptors (Lipinski definition) is 4. The Morgan fingerprint density at radius 2 is 1.00 bits per heavy atom. The molecule has 0 amide bonds. The molecule has 0 aliphatic carbocycles. The summed E-state index contributed by atoms with van der Waals surface area (Å²) >= 11 is 0. The maximum Gasteiger partial charge on any atom is 0.372 e. The van der Waals surface area contributed by atoms with Crippen LogP contribution in [-0.4, -0.2) is 33.7 Å². The number of carbonyl (C=O) groups is 4. The predicted molar refractivity (Wildman–Crippen MR) is 64.2 cm³/mol. The zero-order chi connectivity index (χ0) is 14.9. The molecule has 0 aliphatic rings. The van der Waals surface area contributed by atoms with Crippen LogP contribution in [-0.2, 0) is 19.2 Å². The highest BCUT2D eigenvalue weighted by molar-refractivity contribution is 6.33. The number of hydrogen-bond donors (Lipinski definition) is 2. The lowest BCUT2D eigenvalue weighted by Gasteiger charge is -1.99. The van der Waals surface area contributed by atoms with Crippen molar-refractivity contribution >= 4 is 23.5 Å². The molecule has 0 heterocycles. The molecule has 0 saturated heterocycles. The van der Waals surface area contributed by atoms with Crippen molar-refractivity contribution < 1.29 is 29.4 Å². The fraction of sp³-hybridized carbons (Fsp3) is 0.667. The molecule has 0 saturated carbocycles. The van der Waals surface area contributed by atoms with E-state index in [4.69, 9.17) is 10.2 Å². The van der Waals surface area contributed by atoms with E-state index in [2.05, 4.69) is 0 Å². The van der Waals surface area contributed by atoms with Gasteiger partial charge in [-0.1, -0.05) is 27.7 Å². The first-order valence-electron chi connectivity index (χ1n) is 5.73. The molecule has 0 spiro atoms. The second kappa shape index (κ2) is 9.32. The summed E-state index contributed by atoms with van der Waals surface area (Å²) in [7, 11) is 0. The molecule has 6 nitrogen and oxygen atoms in total. The summed E-state index contributed by atoms with van der Waals surface area (Å²) in [5.41, 5.74) is 0. The van der Waals surface area contributed by atoms with Gasteiger partial charge in [-0.3, -0.25) is 9.59 Å². The van der Waals surface area contributed by atoms with Crippen molar-refractivity contribution in [1.82, 2.24) is 0 Å². The Hall–Kier alpha value is -1.72. The molecule has 0 fully saturated rings. The molecule has 0 aromatic heterocycles. The molecular formula is C12H20O6. The summed E-state index contributed by atoms with van der Waals surface area (Å²) in [6, 6.07) is 0. The van der Waals surface area contributed by atoms with Gasteiger partial charge < -0.3 is 10.2 Å². The van der Waals surface area contributed by atoms with Crippen LogP contribution in [0.25, 0.3) is 0 Å². The first kappa shape index (κ1) is 18.6. The summed E-state index contributed by atoms with van der Waals surface area (Å²) in [6.07, 6.45) is 1.18. The molecule has 6 heteroatoms. The number of carboxylic acids is 2. The van der Waals surface area contributed by atoms with Gasteiger partial charge in [-0.25, -0.2) is 9.59 Å². The van der Waals surface area contributed by atoms with Crippen LogP contribution in [0.1, 0.15) is 40.5 Å². The highest BCUT2D eigenvalue weighted by Crippen LogP contribution is 2.01. The molecule has 0 aromatic rings. The number of rotatable bonds is 6. The predicted octanol–water partition coefficient (Wildman–Crippen LogP) is 1.37. The quantitative estimate of drug-likeness (QED) is 0.698. The van der Waals surface area contributed by atoms with Gasteiger partial charge in [-0.2, -0.15) is 0 Å². The van der Waals surface area contributed by atoms with Gasteiger partial charge >= 0.3 is 11.9 Å². The van der Waals surface area contributed by atoms with E-state index >= 15 is 0 Å². The number of carbonyl (C=O) groups excluding carboxylic acids is 2. The van der Waals surface area contributed by atoms with Crippen molar-refractivity contribution in [3.05, 3.63) is 0 Å². The molecule has 0 bridgehead atoms. The van der Waals surface area contributed by atoms with Crippen molar-refractivity contribution in [3.8, 4) is 0 Å². The minimum atomic E-state index is -1.33. The van der Waals surface area contributed by atoms with Crippen LogP contribution in [0.15, 0.2) is 0 Å². The minimum Gasteiger partial charge on any atom is -0.475 e. The van der Waals surface area contributed by atoms with Crippen molar-refractivity contribution in [3.63, 3.8) is 0 Å². The lowest BCUT2D eigenvalue weighted by atomic mass is 10.0. The number of ketones is 2. The smallest absolute Gasteiger partial charge is 0.372 e. The average molecular weight is 260 g/mol. The Balaban J connectivity index is 0. The van der Waals surface area contributed by atoms with Gasteiger partial charge in [-0.15, -0.1) is 0 Å². The van der Waals surface area contributed by atoms with E-state index in [0.717, 1.165) is 0 Å². The normalized spacial score (nSPS) is 12.7. The highest BCUT2D eigenvalue weighted by Gasteiger charge is 2.18. The third-order valence-electron chi connectivity index (χ3n) is 2.54. The Morgan fingerprint density at radius 3 is 1.06 bits per heavy atom. The van der Waals surface area contributed by atoms with E-state index in [9.17, 15) is 19.2 Å². The topological polar surface area (TPSA) is 109 Å². The molecule has 0 rings (SSSR count). The maximum atomic E-state index is 10.5. The van der Waals surface area contributed by atoms with E-state index in [1.807, 2.05) is 0 Å². The van der Waals surface area contributed by atoms with E-state index in [-0.39, 0.29) is 11.8 Å². The van der Waals surface area contributed by atoms with Crippen LogP contribution in [0.4, 0.5) is 0 Å². The molecule has 2 atom stereocenters. The van der Waals surface area contributed by atoms with Crippen LogP contribution >= 0.6 is 0 Å². The summed E-state index contributed by atoms with van der Waals surface area (Å²) < 4.78 is 0. The van der Waals surface area contributed by atoms with Crippen molar-refractivity contribution in [2.45, 2.75) is 40.5 Å². The van der Waals surface area contributed by atoms with Crippen LogP contribution in [0, 0.1) is 11.8 Å². The maximum absolute atomic E-state index is 10.5. The summed E-state index contributed by atoms with van der Waals surface area (Å²) in [6.45, 7) is 6.78. The third kappa shape index (κ3) is 7.54. The van der Waals surface area contributed by atoms with Gasteiger partial charge in [0.15, 0.2) is 0 Å². The lowest BCUT2D eigenvalue weighted by molar-refractivity contribution is -0.150. The number of aliphatic carboxylic acids is 2. The van der Waals surface area contributed by atoms with Crippen LogP contribution in [0.2, 0.25) is 0 Å². The highest BCUT2D eigenvalue weighted by atomic mass is 16.4. The third-order valence-corrected chi connectivity index (χ3v) is 2.54. The first-order chi connectivity index (χ1) is 8.18. The van der Waals surface area contributed by atoms with Crippen molar-refractivity contribution in [1.29, 1.82) is 0 Å². The minimum absolute atomic E-state index is 0.345. The second-order valence-corrected chi connectivity index (χ2v) is 3.96. The summed E-state index contributed by atoms with van der Waals surface area (Å²) in [5, 5.41) is 16.3. The fourth-order valence-corrected chi connectivity index (χ4v) is 0.792. The summed E-state index contributed by atoms with van der Waals surface area (Å²) in [4.78, 5) is 40.8. The zero-order valence-electron chi connectivity index (χ0n) is 11.1. The molecule has 0 radical (unpaired) electrons. The Labute approximate surface area is 106 Å². The van der Waals surface area contributed by atoms with Gasteiger partial charge in [0.05, 0.1) is 0 Å². The van der Waals surface area contributed by atoms with Crippen LogP contribution in [0.5, 0.6) is 0 Å². The van der Waals surface area contributed by atoms with E-state index < -0.39 is 23.5 Å². The van der Waals surface area contributed by atoms with Crippen LogP contribution in [0.3, 0.4) is 0 Å². The molecule has 18 heavy (non-hydrogen) atoms. The van der Waals surface area contributed by atoms with Gasteiger partial charge in [0, 0.05) is 11.8 Å². The van der Waals surface area contributed by atoms with E-state index in [1.54, 1.807) is 27.7 Å². The largest absolute Gasteiger partial charge is 0.475 e. The second-order valence-electron chi connectivity index (χ2n) is 3.96. The standard InChI is InChI=1S/2C6H10O3/c2*1-3-4(2)5(7)6(8)9/h2*4H,3H2,1-2H3,(H,8,9). The Bertz CT molecular complexity index is 289. The Morgan fingerprint density at radius 1 is 0.778 bits per heavy atom. The zero-order valence-corrected chi connectivity index (χ0v) is 11.1. The number of carboxylic acid groups (broad SMARTS) is 2. The molecule has 2 unspecified atom stereocenters. The van der Waals surface area contributed by atoms with E-state index in [1.165, 1.54) is 0 Å². The molecular weight excluding hydrogens is 240 g/mol. The van der Waals surface area contributed by atoms with Gasteiger partial charge in [0.2, 0.25) is 11.6 Å². The molecule has 0 aliphatic heterocycles. The average Bonchev–Trinajstić information content (AvgIpc) is 2.35. The lowest BCUT2D eigenvalue weighted by Crippen LogP contribution is -2.19. The van der Waals surface area contributed by atoms with Crippen LogP contribution < -0.4 is 0 Å². The van der Waals surface area contributed by atoms with Gasteiger partial charge in [-0.05, 0) is 12.8 Å². The molecule has 2 N–H and O–H groups in total. The van der Waals surface area contributed by atoms with E-state index in [0.29, 0.717) is 12.8 Å². The molecule has 104 valence electrons. The van der Waals surface area contributed by atoms with Gasteiger partial charge in [0.25, 0.3) is 0 Å². The van der Waals surface area contributed by atoms with Gasteiger partial charge in [0.1, 0.15) is 0 Å². The SMILES string of the molecule is CCC(C)C(=O)C(=O)O.CCC(C)C(=O)C(=O)O. The first-order valence-corrected chi connectivity index (χ1v) is 5.73. The number of Topliss-reactive ketones (excluding diaryl/α,β-unsaturated/α-hetero) is 2. The molecule has 0 aromatic carbocycles. The fourth-order valence-electron chi connectivity index (χ4n) is 0.792. The Kier molecular flexibility index (Phi) is 9.66. The summed E-state index contributed by atoms with van der Waals surface area (Å²) in [5.74, 6) is -4.74. The van der Waals surface area contributed by atoms with Crippen molar-refractivity contribution in [2.24, 2.45) is 11.8 Å². The monoisotopic (exact) mass is 260 g/mol.